The van der Waals surface area contributed by atoms with E-state index in [9.17, 15) is 14.4 Å². The monoisotopic (exact) mass is 438 g/mol. The number of carbonyl (C=O) groups excluding carboxylic acids is 2. The maximum absolute atomic E-state index is 12.7. The van der Waals surface area contributed by atoms with E-state index in [2.05, 4.69) is 5.32 Å². The number of nitrogens with zero attached hydrogens (tertiary/aromatic N) is 3. The molecule has 9 nitrogen and oxygen atoms in total. The number of benzene rings is 2. The zero-order valence-electron chi connectivity index (χ0n) is 18.3. The van der Waals surface area contributed by atoms with Crippen molar-refractivity contribution in [2.24, 2.45) is 7.05 Å². The zero-order valence-corrected chi connectivity index (χ0v) is 18.3. The summed E-state index contributed by atoms with van der Waals surface area (Å²) in [6.45, 7) is 3.36. The van der Waals surface area contributed by atoms with Crippen LogP contribution in [0, 0.1) is 0 Å². The molecule has 0 saturated carbocycles. The maximum atomic E-state index is 12.7. The quantitative estimate of drug-likeness (QED) is 0.654. The molecule has 1 saturated heterocycles. The third-order valence-electron chi connectivity index (χ3n) is 5.81. The number of ether oxygens (including phenoxy) is 1. The summed E-state index contributed by atoms with van der Waals surface area (Å²) in [6.07, 6.45) is 0. The molecule has 9 heteroatoms. The van der Waals surface area contributed by atoms with Crippen LogP contribution < -0.4 is 15.8 Å². The van der Waals surface area contributed by atoms with Crippen LogP contribution in [-0.2, 0) is 16.6 Å². The van der Waals surface area contributed by atoms with Gasteiger partial charge in [0.2, 0.25) is 11.8 Å². The molecule has 1 atom stereocenters. The number of fused-ring (bicyclic) bond motifs is 1. The SMILES string of the molecule is COc1ccccc1C1CN(CC(=O)Nc2ccc3c(c2)oc(=O)n3C)CCN1C(C)=O. The van der Waals surface area contributed by atoms with Crippen LogP contribution in [0.5, 0.6) is 5.75 Å². The van der Waals surface area contributed by atoms with Gasteiger partial charge in [-0.3, -0.25) is 19.1 Å². The number of hydrogen-bond donors (Lipinski definition) is 1. The molecule has 32 heavy (non-hydrogen) atoms. The van der Waals surface area contributed by atoms with E-state index in [1.807, 2.05) is 34.1 Å². The highest BCUT2D eigenvalue weighted by Gasteiger charge is 2.32. The van der Waals surface area contributed by atoms with E-state index < -0.39 is 5.76 Å². The van der Waals surface area contributed by atoms with Crippen molar-refractivity contribution < 1.29 is 18.7 Å². The first-order valence-electron chi connectivity index (χ1n) is 10.4. The Balaban J connectivity index is 1.47. The molecule has 1 aliphatic rings. The van der Waals surface area contributed by atoms with Crippen LogP contribution in [0.15, 0.2) is 51.7 Å². The molecule has 2 amide bonds. The predicted octanol–water partition coefficient (Wildman–Crippen LogP) is 1.98. The summed E-state index contributed by atoms with van der Waals surface area (Å²) < 4.78 is 12.1. The molecule has 0 aliphatic carbocycles. The molecular weight excluding hydrogens is 412 g/mol. The number of piperazine rings is 1. The molecular formula is C23H26N4O5. The Labute approximate surface area is 185 Å². The van der Waals surface area contributed by atoms with Gasteiger partial charge in [0, 0.05) is 50.9 Å². The number of carbonyl (C=O) groups is 2. The Morgan fingerprint density at radius 3 is 2.72 bits per heavy atom. The number of rotatable bonds is 5. The summed E-state index contributed by atoms with van der Waals surface area (Å²) in [7, 11) is 3.24. The first kappa shape index (κ1) is 21.6. The van der Waals surface area contributed by atoms with E-state index in [1.165, 1.54) is 4.57 Å². The van der Waals surface area contributed by atoms with Gasteiger partial charge in [-0.1, -0.05) is 18.2 Å². The minimum Gasteiger partial charge on any atom is -0.496 e. The Hall–Kier alpha value is -3.59. The van der Waals surface area contributed by atoms with Crippen molar-refractivity contribution in [1.82, 2.24) is 14.4 Å². The number of methoxy groups -OCH3 is 1. The average molecular weight is 438 g/mol. The number of oxazole rings is 1. The molecule has 0 bridgehead atoms. The third kappa shape index (κ3) is 4.24. The van der Waals surface area contributed by atoms with Crippen molar-refractivity contribution in [2.75, 3.05) is 38.6 Å². The Kier molecular flexibility index (Phi) is 6.00. The first-order valence-corrected chi connectivity index (χ1v) is 10.4. The van der Waals surface area contributed by atoms with Crippen molar-refractivity contribution in [3.63, 3.8) is 0 Å². The second-order valence-electron chi connectivity index (χ2n) is 7.86. The van der Waals surface area contributed by atoms with Crippen LogP contribution >= 0.6 is 0 Å². The van der Waals surface area contributed by atoms with Gasteiger partial charge in [-0.15, -0.1) is 0 Å². The number of aryl methyl sites for hydroxylation is 1. The molecule has 1 aromatic heterocycles. The first-order chi connectivity index (χ1) is 15.4. The number of nitrogens with one attached hydrogen (secondary N) is 1. The molecule has 0 radical (unpaired) electrons. The molecule has 4 rings (SSSR count). The summed E-state index contributed by atoms with van der Waals surface area (Å²) in [5, 5.41) is 2.86. The van der Waals surface area contributed by atoms with E-state index in [4.69, 9.17) is 9.15 Å². The summed E-state index contributed by atoms with van der Waals surface area (Å²) in [4.78, 5) is 40.5. The number of para-hydroxylation sites is 1. The summed E-state index contributed by atoms with van der Waals surface area (Å²) in [5.41, 5.74) is 2.55. The van der Waals surface area contributed by atoms with Gasteiger partial charge in [0.05, 0.1) is 25.2 Å². The van der Waals surface area contributed by atoms with E-state index in [0.717, 1.165) is 5.56 Å². The predicted molar refractivity (Wildman–Crippen MR) is 120 cm³/mol. The van der Waals surface area contributed by atoms with E-state index in [-0.39, 0.29) is 24.4 Å². The van der Waals surface area contributed by atoms with Crippen molar-refractivity contribution >= 4 is 28.6 Å². The van der Waals surface area contributed by atoms with Crippen molar-refractivity contribution in [1.29, 1.82) is 0 Å². The largest absolute Gasteiger partial charge is 0.496 e. The van der Waals surface area contributed by atoms with Gasteiger partial charge < -0.3 is 19.4 Å². The molecule has 1 fully saturated rings. The molecule has 2 aromatic carbocycles. The van der Waals surface area contributed by atoms with Crippen molar-refractivity contribution in [2.45, 2.75) is 13.0 Å². The van der Waals surface area contributed by atoms with Crippen LogP contribution in [0.1, 0.15) is 18.5 Å². The fourth-order valence-corrected chi connectivity index (χ4v) is 4.18. The minimum atomic E-state index is -0.450. The van der Waals surface area contributed by atoms with E-state index in [1.54, 1.807) is 39.3 Å². The van der Waals surface area contributed by atoms with E-state index >= 15 is 0 Å². The smallest absolute Gasteiger partial charge is 0.419 e. The fraction of sp³-hybridized carbons (Fsp3) is 0.348. The van der Waals surface area contributed by atoms with Gasteiger partial charge in [-0.2, -0.15) is 0 Å². The average Bonchev–Trinajstić information content (AvgIpc) is 3.06. The van der Waals surface area contributed by atoms with Crippen molar-refractivity contribution in [3.8, 4) is 5.75 Å². The number of hydrogen-bond acceptors (Lipinski definition) is 6. The van der Waals surface area contributed by atoms with Crippen LogP contribution in [0.4, 0.5) is 5.69 Å². The van der Waals surface area contributed by atoms with Crippen LogP contribution in [-0.4, -0.2) is 59.5 Å². The highest BCUT2D eigenvalue weighted by Crippen LogP contribution is 2.32. The lowest BCUT2D eigenvalue weighted by Crippen LogP contribution is -2.51. The lowest BCUT2D eigenvalue weighted by atomic mass is 10.0. The zero-order chi connectivity index (χ0) is 22.8. The lowest BCUT2D eigenvalue weighted by molar-refractivity contribution is -0.134. The molecule has 2 heterocycles. The number of aromatic nitrogens is 1. The maximum Gasteiger partial charge on any atom is 0.419 e. The lowest BCUT2D eigenvalue weighted by Gasteiger charge is -2.41. The van der Waals surface area contributed by atoms with Crippen LogP contribution in [0.3, 0.4) is 0 Å². The highest BCUT2D eigenvalue weighted by molar-refractivity contribution is 5.94. The Bertz CT molecular complexity index is 1210. The van der Waals surface area contributed by atoms with Crippen molar-refractivity contribution in [3.05, 3.63) is 58.6 Å². The van der Waals surface area contributed by atoms with Gasteiger partial charge in [0.25, 0.3) is 0 Å². The third-order valence-corrected chi connectivity index (χ3v) is 5.81. The van der Waals surface area contributed by atoms with E-state index in [0.29, 0.717) is 42.2 Å². The van der Waals surface area contributed by atoms with Gasteiger partial charge in [-0.25, -0.2) is 4.79 Å². The molecule has 1 unspecified atom stereocenters. The fourth-order valence-electron chi connectivity index (χ4n) is 4.18. The van der Waals surface area contributed by atoms with Gasteiger partial charge in [-0.05, 0) is 18.2 Å². The summed E-state index contributed by atoms with van der Waals surface area (Å²) >= 11 is 0. The molecule has 0 spiro atoms. The second kappa shape index (κ2) is 8.88. The molecule has 1 aliphatic heterocycles. The Morgan fingerprint density at radius 2 is 1.97 bits per heavy atom. The standard InChI is InChI=1S/C23H26N4O5/c1-15(28)27-11-10-26(13-19(27)17-6-4-5-7-20(17)31-3)14-22(29)24-16-8-9-18-21(12-16)32-23(30)25(18)2/h4-9,12,19H,10-11,13-14H2,1-3H3,(H,24,29). The normalized spacial score (nSPS) is 16.8. The minimum absolute atomic E-state index is 0.0114. The van der Waals surface area contributed by atoms with Crippen LogP contribution in [0.2, 0.25) is 0 Å². The highest BCUT2D eigenvalue weighted by atomic mass is 16.5. The molecule has 168 valence electrons. The van der Waals surface area contributed by atoms with Crippen LogP contribution in [0.25, 0.3) is 11.1 Å². The second-order valence-corrected chi connectivity index (χ2v) is 7.86. The summed E-state index contributed by atoms with van der Waals surface area (Å²) in [6, 6.07) is 12.5. The van der Waals surface area contributed by atoms with Gasteiger partial charge >= 0.3 is 5.76 Å². The number of amides is 2. The molecule has 1 N–H and O–H groups in total. The van der Waals surface area contributed by atoms with Gasteiger partial charge in [0.1, 0.15) is 5.75 Å². The topological polar surface area (TPSA) is 97.0 Å². The number of anilines is 1. The Morgan fingerprint density at radius 1 is 1.19 bits per heavy atom. The molecule has 3 aromatic rings. The summed E-state index contributed by atoms with van der Waals surface area (Å²) in [5.74, 6) is 0.0715. The van der Waals surface area contributed by atoms with Gasteiger partial charge in [0.15, 0.2) is 5.58 Å².